The van der Waals surface area contributed by atoms with Crippen molar-refractivity contribution in [3.8, 4) is 0 Å². The topological polar surface area (TPSA) is 37.8 Å². The van der Waals surface area contributed by atoms with E-state index in [1.165, 1.54) is 43.0 Å². The van der Waals surface area contributed by atoms with E-state index in [1.807, 2.05) is 18.8 Å². The van der Waals surface area contributed by atoms with Crippen molar-refractivity contribution in [1.82, 2.24) is 9.59 Å². The van der Waals surface area contributed by atoms with Crippen molar-refractivity contribution in [3.05, 3.63) is 5.69 Å². The maximum atomic E-state index is 4.14. The summed E-state index contributed by atoms with van der Waals surface area (Å²) in [4.78, 5) is 0. The van der Waals surface area contributed by atoms with Gasteiger partial charge in [-0.15, -0.1) is 5.10 Å². The van der Waals surface area contributed by atoms with Crippen molar-refractivity contribution >= 4 is 28.3 Å². The first kappa shape index (κ1) is 11.2. The lowest BCUT2D eigenvalue weighted by Gasteiger charge is -2.07. The van der Waals surface area contributed by atoms with Gasteiger partial charge in [-0.2, -0.15) is 11.8 Å². The molecule has 1 aliphatic rings. The highest BCUT2D eigenvalue weighted by Crippen LogP contribution is 2.30. The third-order valence-corrected chi connectivity index (χ3v) is 4.82. The van der Waals surface area contributed by atoms with E-state index in [4.69, 9.17) is 0 Å². The molecule has 1 N–H and O–H groups in total. The van der Waals surface area contributed by atoms with E-state index in [0.717, 1.165) is 22.4 Å². The van der Waals surface area contributed by atoms with Crippen LogP contribution in [-0.2, 0) is 5.75 Å². The number of thioether (sulfide) groups is 1. The largest absolute Gasteiger partial charge is 0.377 e. The van der Waals surface area contributed by atoms with E-state index in [-0.39, 0.29) is 0 Å². The Morgan fingerprint density at radius 2 is 2.27 bits per heavy atom. The van der Waals surface area contributed by atoms with E-state index < -0.39 is 0 Å². The second kappa shape index (κ2) is 5.70. The average molecular weight is 243 g/mol. The van der Waals surface area contributed by atoms with E-state index >= 15 is 0 Å². The van der Waals surface area contributed by atoms with Gasteiger partial charge < -0.3 is 5.32 Å². The fourth-order valence-corrected chi connectivity index (χ4v) is 3.79. The molecule has 1 fully saturated rings. The predicted molar refractivity (Wildman–Crippen MR) is 67.6 cm³/mol. The fraction of sp³-hybridized carbons (Fsp3) is 0.800. The molecular formula is C10H17N3S2. The first-order valence-corrected chi connectivity index (χ1v) is 7.39. The van der Waals surface area contributed by atoms with Crippen LogP contribution >= 0.6 is 23.3 Å². The van der Waals surface area contributed by atoms with Gasteiger partial charge in [-0.1, -0.05) is 17.3 Å². The highest BCUT2D eigenvalue weighted by Gasteiger charge is 2.15. The normalized spacial score (nSPS) is 17.1. The second-order valence-electron chi connectivity index (χ2n) is 3.96. The molecule has 0 radical (unpaired) electrons. The van der Waals surface area contributed by atoms with Crippen LogP contribution in [-0.4, -0.2) is 22.4 Å². The molecule has 0 aliphatic heterocycles. The quantitative estimate of drug-likeness (QED) is 0.862. The Bertz CT molecular complexity index is 295. The van der Waals surface area contributed by atoms with Crippen LogP contribution in [0.3, 0.4) is 0 Å². The monoisotopic (exact) mass is 243 g/mol. The molecule has 15 heavy (non-hydrogen) atoms. The number of anilines is 1. The summed E-state index contributed by atoms with van der Waals surface area (Å²) < 4.78 is 3.96. The maximum absolute atomic E-state index is 4.14. The molecule has 0 aromatic carbocycles. The highest BCUT2D eigenvalue weighted by atomic mass is 32.2. The zero-order valence-corrected chi connectivity index (χ0v) is 10.7. The van der Waals surface area contributed by atoms with Gasteiger partial charge in [0.2, 0.25) is 0 Å². The van der Waals surface area contributed by atoms with Gasteiger partial charge in [0, 0.05) is 24.3 Å². The minimum atomic E-state index is 0.958. The minimum Gasteiger partial charge on any atom is -0.377 e. The lowest BCUT2D eigenvalue weighted by atomic mass is 10.1. The van der Waals surface area contributed by atoms with Gasteiger partial charge in [0.25, 0.3) is 0 Å². The van der Waals surface area contributed by atoms with Crippen LogP contribution in [0.2, 0.25) is 0 Å². The second-order valence-corrected chi connectivity index (χ2v) is 5.75. The van der Waals surface area contributed by atoms with Gasteiger partial charge in [-0.25, -0.2) is 0 Å². The van der Waals surface area contributed by atoms with Crippen LogP contribution in [0.5, 0.6) is 0 Å². The van der Waals surface area contributed by atoms with Crippen molar-refractivity contribution in [1.29, 1.82) is 0 Å². The van der Waals surface area contributed by atoms with Crippen molar-refractivity contribution < 1.29 is 0 Å². The molecule has 0 saturated heterocycles. The number of nitrogens with zero attached hydrogens (tertiary/aromatic N) is 2. The minimum absolute atomic E-state index is 0.958. The third-order valence-electron chi connectivity index (χ3n) is 2.85. The first-order valence-electron chi connectivity index (χ1n) is 5.47. The van der Waals surface area contributed by atoms with Gasteiger partial charge in [0.05, 0.1) is 0 Å². The summed E-state index contributed by atoms with van der Waals surface area (Å²) in [5.41, 5.74) is 1.12. The number of hydrogen-bond acceptors (Lipinski definition) is 5. The summed E-state index contributed by atoms with van der Waals surface area (Å²) in [6, 6.07) is 0. The lowest BCUT2D eigenvalue weighted by Crippen LogP contribution is -1.98. The molecule has 1 aliphatic carbocycles. The number of hydrogen-bond donors (Lipinski definition) is 1. The van der Waals surface area contributed by atoms with Gasteiger partial charge in [-0.05, 0) is 24.5 Å². The third kappa shape index (κ3) is 3.08. The Morgan fingerprint density at radius 3 is 3.00 bits per heavy atom. The Labute approximate surface area is 99.2 Å². The van der Waals surface area contributed by atoms with Crippen LogP contribution in [0.4, 0.5) is 5.00 Å². The van der Waals surface area contributed by atoms with Gasteiger partial charge in [0.15, 0.2) is 0 Å². The smallest absolute Gasteiger partial charge is 0.133 e. The molecule has 0 atom stereocenters. The van der Waals surface area contributed by atoms with Crippen LogP contribution in [0.15, 0.2) is 0 Å². The Kier molecular flexibility index (Phi) is 4.26. The van der Waals surface area contributed by atoms with Crippen LogP contribution in [0, 0.1) is 5.92 Å². The van der Waals surface area contributed by atoms with E-state index in [9.17, 15) is 0 Å². The molecule has 84 valence electrons. The molecule has 0 unspecified atom stereocenters. The van der Waals surface area contributed by atoms with Crippen LogP contribution in [0.1, 0.15) is 31.4 Å². The molecule has 2 rings (SSSR count). The molecule has 1 saturated carbocycles. The zero-order valence-electron chi connectivity index (χ0n) is 9.03. The number of rotatable bonds is 5. The Morgan fingerprint density at radius 1 is 1.47 bits per heavy atom. The summed E-state index contributed by atoms with van der Waals surface area (Å²) >= 11 is 3.45. The Hall–Kier alpha value is -0.290. The molecular weight excluding hydrogens is 226 g/mol. The molecule has 5 heteroatoms. The first-order chi connectivity index (χ1) is 7.40. The van der Waals surface area contributed by atoms with Gasteiger partial charge in [0.1, 0.15) is 10.7 Å². The number of nitrogens with one attached hydrogen (secondary N) is 1. The standard InChI is InChI=1S/C10H17N3S2/c1-11-10-9(12-13-15-10)7-14-6-8-4-2-3-5-8/h8,11H,2-7H2,1H3. The van der Waals surface area contributed by atoms with E-state index in [2.05, 4.69) is 14.9 Å². The predicted octanol–water partition coefficient (Wildman–Crippen LogP) is 3.00. The fourth-order valence-electron chi connectivity index (χ4n) is 1.99. The highest BCUT2D eigenvalue weighted by molar-refractivity contribution is 7.98. The molecule has 1 aromatic rings. The number of aromatic nitrogens is 2. The van der Waals surface area contributed by atoms with Gasteiger partial charge >= 0.3 is 0 Å². The molecule has 0 spiro atoms. The molecule has 3 nitrogen and oxygen atoms in total. The van der Waals surface area contributed by atoms with Crippen LogP contribution < -0.4 is 5.32 Å². The van der Waals surface area contributed by atoms with Crippen LogP contribution in [0.25, 0.3) is 0 Å². The van der Waals surface area contributed by atoms with Crippen molar-refractivity contribution in [2.45, 2.75) is 31.4 Å². The molecule has 0 bridgehead atoms. The van der Waals surface area contributed by atoms with E-state index in [1.54, 1.807) is 0 Å². The lowest BCUT2D eigenvalue weighted by molar-refractivity contribution is 0.623. The summed E-state index contributed by atoms with van der Waals surface area (Å²) in [6.07, 6.45) is 5.74. The van der Waals surface area contributed by atoms with Gasteiger partial charge in [-0.3, -0.25) is 0 Å². The Balaban J connectivity index is 1.73. The van der Waals surface area contributed by atoms with Crippen molar-refractivity contribution in [2.24, 2.45) is 5.92 Å². The van der Waals surface area contributed by atoms with E-state index in [0.29, 0.717) is 0 Å². The van der Waals surface area contributed by atoms with Crippen molar-refractivity contribution in [2.75, 3.05) is 18.1 Å². The summed E-state index contributed by atoms with van der Waals surface area (Å²) in [5, 5.41) is 8.39. The SMILES string of the molecule is CNc1snnc1CSCC1CCCC1. The molecule has 1 heterocycles. The molecule has 0 amide bonds. The summed E-state index contributed by atoms with van der Waals surface area (Å²) in [7, 11) is 1.93. The van der Waals surface area contributed by atoms with Crippen molar-refractivity contribution in [3.63, 3.8) is 0 Å². The summed E-state index contributed by atoms with van der Waals surface area (Å²) in [5.74, 6) is 3.25. The average Bonchev–Trinajstić information content (AvgIpc) is 2.88. The summed E-state index contributed by atoms with van der Waals surface area (Å²) in [6.45, 7) is 0. The zero-order chi connectivity index (χ0) is 10.5. The molecule has 1 aromatic heterocycles. The maximum Gasteiger partial charge on any atom is 0.133 e.